The molecular weight excluding hydrogens is 230 g/mol. The molecule has 2 N–H and O–H groups in total. The number of esters is 1. The van der Waals surface area contributed by atoms with E-state index >= 15 is 0 Å². The van der Waals surface area contributed by atoms with E-state index in [1.807, 2.05) is 32.0 Å². The number of hydrogen-bond donors (Lipinski definition) is 1. The van der Waals surface area contributed by atoms with Gasteiger partial charge in [-0.25, -0.2) is 9.78 Å². The molecule has 0 saturated heterocycles. The highest BCUT2D eigenvalue weighted by atomic mass is 16.5. The van der Waals surface area contributed by atoms with Gasteiger partial charge in [-0.15, -0.1) is 0 Å². The second kappa shape index (κ2) is 4.52. The van der Waals surface area contributed by atoms with Crippen molar-refractivity contribution in [2.45, 2.75) is 13.8 Å². The lowest BCUT2D eigenvalue weighted by Crippen LogP contribution is -2.08. The molecule has 0 amide bonds. The van der Waals surface area contributed by atoms with Crippen molar-refractivity contribution in [3.63, 3.8) is 0 Å². The lowest BCUT2D eigenvalue weighted by atomic mass is 10.1. The second-order valence-electron chi connectivity index (χ2n) is 4.13. The molecule has 5 nitrogen and oxygen atoms in total. The van der Waals surface area contributed by atoms with Crippen LogP contribution in [0.4, 0.5) is 5.82 Å². The van der Waals surface area contributed by atoms with Gasteiger partial charge < -0.3 is 10.5 Å². The smallest absolute Gasteiger partial charge is 0.360 e. The van der Waals surface area contributed by atoms with E-state index in [-0.39, 0.29) is 11.5 Å². The molecule has 0 saturated carbocycles. The number of carbonyl (C=O) groups is 1. The van der Waals surface area contributed by atoms with E-state index in [0.29, 0.717) is 0 Å². The van der Waals surface area contributed by atoms with Crippen LogP contribution in [0.25, 0.3) is 5.69 Å². The largest absolute Gasteiger partial charge is 0.464 e. The molecule has 0 atom stereocenters. The number of nitrogens with zero attached hydrogens (tertiary/aromatic N) is 2. The van der Waals surface area contributed by atoms with Crippen LogP contribution >= 0.6 is 0 Å². The number of imidazole rings is 1. The van der Waals surface area contributed by atoms with Crippen molar-refractivity contribution in [3.05, 3.63) is 41.3 Å². The third-order valence-corrected chi connectivity index (χ3v) is 2.81. The second-order valence-corrected chi connectivity index (χ2v) is 4.13. The van der Waals surface area contributed by atoms with Crippen LogP contribution in [-0.4, -0.2) is 22.6 Å². The van der Waals surface area contributed by atoms with Gasteiger partial charge in [-0.3, -0.25) is 4.57 Å². The molecule has 2 rings (SSSR count). The molecule has 0 aliphatic rings. The predicted octanol–water partition coefficient (Wildman–Crippen LogP) is 1.86. The van der Waals surface area contributed by atoms with Crippen LogP contribution < -0.4 is 5.73 Å². The van der Waals surface area contributed by atoms with Crippen molar-refractivity contribution < 1.29 is 9.53 Å². The van der Waals surface area contributed by atoms with Gasteiger partial charge in [-0.2, -0.15) is 0 Å². The highest BCUT2D eigenvalue weighted by molar-refractivity contribution is 5.92. The van der Waals surface area contributed by atoms with E-state index in [2.05, 4.69) is 9.72 Å². The monoisotopic (exact) mass is 245 g/mol. The molecule has 1 aromatic heterocycles. The van der Waals surface area contributed by atoms with E-state index in [1.54, 1.807) is 4.57 Å². The first kappa shape index (κ1) is 12.2. The van der Waals surface area contributed by atoms with E-state index in [4.69, 9.17) is 5.73 Å². The van der Waals surface area contributed by atoms with Gasteiger partial charge in [0, 0.05) is 0 Å². The Morgan fingerprint density at radius 3 is 2.78 bits per heavy atom. The Labute approximate surface area is 105 Å². The van der Waals surface area contributed by atoms with Crippen molar-refractivity contribution in [1.82, 2.24) is 9.55 Å². The van der Waals surface area contributed by atoms with E-state index in [1.165, 1.54) is 13.4 Å². The quantitative estimate of drug-likeness (QED) is 0.820. The van der Waals surface area contributed by atoms with Crippen LogP contribution in [0, 0.1) is 13.8 Å². The molecule has 0 unspecified atom stereocenters. The number of nitrogen functional groups attached to an aromatic ring is 1. The highest BCUT2D eigenvalue weighted by Gasteiger charge is 2.17. The summed E-state index contributed by atoms with van der Waals surface area (Å²) in [4.78, 5) is 15.4. The zero-order valence-electron chi connectivity index (χ0n) is 10.6. The maximum atomic E-state index is 11.5. The summed E-state index contributed by atoms with van der Waals surface area (Å²) in [5.41, 5.74) is 9.15. The van der Waals surface area contributed by atoms with Crippen molar-refractivity contribution in [2.24, 2.45) is 0 Å². The van der Waals surface area contributed by atoms with Gasteiger partial charge >= 0.3 is 5.97 Å². The van der Waals surface area contributed by atoms with E-state index in [9.17, 15) is 4.79 Å². The molecule has 1 aromatic carbocycles. The molecule has 1 heterocycles. The number of benzene rings is 1. The van der Waals surface area contributed by atoms with E-state index < -0.39 is 5.97 Å². The maximum absolute atomic E-state index is 11.5. The maximum Gasteiger partial charge on any atom is 0.360 e. The summed E-state index contributed by atoms with van der Waals surface area (Å²) in [5.74, 6) is -0.243. The van der Waals surface area contributed by atoms with Gasteiger partial charge in [0.1, 0.15) is 12.1 Å². The molecule has 5 heteroatoms. The Bertz CT molecular complexity index is 602. The summed E-state index contributed by atoms with van der Waals surface area (Å²) in [7, 11) is 1.30. The van der Waals surface area contributed by atoms with Gasteiger partial charge in [0.2, 0.25) is 0 Å². The van der Waals surface area contributed by atoms with Crippen LogP contribution in [0.2, 0.25) is 0 Å². The predicted molar refractivity (Wildman–Crippen MR) is 68.8 cm³/mol. The van der Waals surface area contributed by atoms with Crippen LogP contribution in [-0.2, 0) is 4.74 Å². The summed E-state index contributed by atoms with van der Waals surface area (Å²) < 4.78 is 6.31. The number of nitrogens with two attached hydrogens (primary N) is 1. The molecule has 0 spiro atoms. The number of ether oxygens (including phenoxy) is 1. The summed E-state index contributed by atoms with van der Waals surface area (Å²) in [6, 6.07) is 6.02. The zero-order valence-corrected chi connectivity index (χ0v) is 10.6. The molecular formula is C13H15N3O2. The number of anilines is 1. The van der Waals surface area contributed by atoms with Gasteiger partial charge in [-0.1, -0.05) is 12.1 Å². The first-order valence-corrected chi connectivity index (χ1v) is 5.53. The number of rotatable bonds is 2. The topological polar surface area (TPSA) is 70.1 Å². The molecule has 0 aliphatic heterocycles. The fraction of sp³-hybridized carbons (Fsp3) is 0.231. The Morgan fingerprint density at radius 1 is 1.39 bits per heavy atom. The SMILES string of the molecule is COC(=O)c1ncn(-c2cc(C)ccc2C)c1N. The number of carbonyl (C=O) groups excluding carboxylic acids is 1. The molecule has 0 bridgehead atoms. The fourth-order valence-electron chi connectivity index (χ4n) is 1.78. The Morgan fingerprint density at radius 2 is 2.11 bits per heavy atom. The molecule has 18 heavy (non-hydrogen) atoms. The minimum atomic E-state index is -0.531. The number of methoxy groups -OCH3 is 1. The van der Waals surface area contributed by atoms with Gasteiger partial charge in [0.15, 0.2) is 5.69 Å². The fourth-order valence-corrected chi connectivity index (χ4v) is 1.78. The number of aryl methyl sites for hydroxylation is 2. The van der Waals surface area contributed by atoms with Crippen molar-refractivity contribution >= 4 is 11.8 Å². The van der Waals surface area contributed by atoms with Crippen LogP contribution in [0.15, 0.2) is 24.5 Å². The standard InChI is InChI=1S/C13H15N3O2/c1-8-4-5-9(2)10(6-8)16-7-15-11(12(16)14)13(17)18-3/h4-7H,14H2,1-3H3. The first-order chi connectivity index (χ1) is 8.54. The minimum Gasteiger partial charge on any atom is -0.464 e. The lowest BCUT2D eigenvalue weighted by molar-refractivity contribution is 0.0596. The van der Waals surface area contributed by atoms with Gasteiger partial charge in [-0.05, 0) is 31.0 Å². The summed E-state index contributed by atoms with van der Waals surface area (Å²) in [5, 5.41) is 0. The van der Waals surface area contributed by atoms with Crippen molar-refractivity contribution in [1.29, 1.82) is 0 Å². The van der Waals surface area contributed by atoms with Crippen LogP contribution in [0.1, 0.15) is 21.6 Å². The summed E-state index contributed by atoms with van der Waals surface area (Å²) >= 11 is 0. The minimum absolute atomic E-state index is 0.137. The average Bonchev–Trinajstić information content (AvgIpc) is 2.73. The third kappa shape index (κ3) is 1.95. The highest BCUT2D eigenvalue weighted by Crippen LogP contribution is 2.21. The molecule has 0 fully saturated rings. The van der Waals surface area contributed by atoms with Crippen molar-refractivity contribution in [3.8, 4) is 5.69 Å². The lowest BCUT2D eigenvalue weighted by Gasteiger charge is -2.09. The first-order valence-electron chi connectivity index (χ1n) is 5.53. The van der Waals surface area contributed by atoms with Gasteiger partial charge in [0.05, 0.1) is 12.8 Å². The number of hydrogen-bond acceptors (Lipinski definition) is 4. The Hall–Kier alpha value is -2.30. The van der Waals surface area contributed by atoms with Crippen molar-refractivity contribution in [2.75, 3.05) is 12.8 Å². The Kier molecular flexibility index (Phi) is 3.06. The van der Waals surface area contributed by atoms with Crippen LogP contribution in [0.3, 0.4) is 0 Å². The zero-order chi connectivity index (χ0) is 13.3. The summed E-state index contributed by atoms with van der Waals surface area (Å²) in [6.07, 6.45) is 1.53. The molecule has 0 radical (unpaired) electrons. The Balaban J connectivity index is 2.55. The third-order valence-electron chi connectivity index (χ3n) is 2.81. The number of aromatic nitrogens is 2. The molecule has 2 aromatic rings. The molecule has 94 valence electrons. The summed E-state index contributed by atoms with van der Waals surface area (Å²) in [6.45, 7) is 3.98. The van der Waals surface area contributed by atoms with E-state index in [0.717, 1.165) is 16.8 Å². The van der Waals surface area contributed by atoms with Gasteiger partial charge in [0.25, 0.3) is 0 Å². The average molecular weight is 245 g/mol. The van der Waals surface area contributed by atoms with Crippen LogP contribution in [0.5, 0.6) is 0 Å². The normalized spacial score (nSPS) is 10.4. The molecule has 0 aliphatic carbocycles.